The van der Waals surface area contributed by atoms with Crippen molar-refractivity contribution in [2.75, 3.05) is 19.5 Å². The topological polar surface area (TPSA) is 89.5 Å². The smallest absolute Gasteiger partial charge is 0.269 e. The number of carbonyl (C=O) groups excluding carboxylic acids is 2. The number of nitrogens with one attached hydrogen (secondary N) is 2. The Kier molecular flexibility index (Phi) is 6.09. The normalized spacial score (nSPS) is 10.2. The van der Waals surface area contributed by atoms with Gasteiger partial charge in [-0.25, -0.2) is 0 Å². The highest BCUT2D eigenvalue weighted by Crippen LogP contribution is 2.27. The van der Waals surface area contributed by atoms with E-state index in [2.05, 4.69) is 15.6 Å². The molecule has 1 aromatic heterocycles. The molecule has 1 heterocycles. The lowest BCUT2D eigenvalue weighted by atomic mass is 10.1. The van der Waals surface area contributed by atoms with E-state index in [1.54, 1.807) is 43.5 Å². The molecular formula is C22H21N3O4. The number of ether oxygens (including phenoxy) is 2. The highest BCUT2D eigenvalue weighted by molar-refractivity contribution is 6.05. The van der Waals surface area contributed by atoms with E-state index >= 15 is 0 Å². The van der Waals surface area contributed by atoms with Crippen LogP contribution in [0.25, 0.3) is 0 Å². The van der Waals surface area contributed by atoms with Gasteiger partial charge in [0.1, 0.15) is 22.9 Å². The average molecular weight is 391 g/mol. The molecule has 3 rings (SSSR count). The predicted octanol–water partition coefficient (Wildman–Crippen LogP) is 3.80. The summed E-state index contributed by atoms with van der Waals surface area (Å²) < 4.78 is 11.1. The number of aromatic nitrogens is 1. The zero-order valence-corrected chi connectivity index (χ0v) is 16.4. The minimum absolute atomic E-state index is 0.241. The number of aryl methyl sites for hydroxylation is 1. The van der Waals surface area contributed by atoms with E-state index in [0.717, 1.165) is 5.56 Å². The Hall–Kier alpha value is -3.87. The highest BCUT2D eigenvalue weighted by atomic mass is 16.5. The summed E-state index contributed by atoms with van der Waals surface area (Å²) in [5.41, 5.74) is 2.26. The Balaban J connectivity index is 1.78. The van der Waals surface area contributed by atoms with Gasteiger partial charge in [0, 0.05) is 24.9 Å². The number of anilines is 1. The molecule has 0 bridgehead atoms. The molecule has 2 N–H and O–H groups in total. The van der Waals surface area contributed by atoms with Crippen molar-refractivity contribution in [3.05, 3.63) is 77.6 Å². The van der Waals surface area contributed by atoms with Crippen LogP contribution in [0.3, 0.4) is 0 Å². The van der Waals surface area contributed by atoms with Gasteiger partial charge in [-0.05, 0) is 48.9 Å². The van der Waals surface area contributed by atoms with Crippen LogP contribution in [0, 0.1) is 6.92 Å². The zero-order chi connectivity index (χ0) is 20.8. The molecule has 3 aromatic rings. The fourth-order valence-corrected chi connectivity index (χ4v) is 2.68. The Morgan fingerprint density at radius 1 is 0.966 bits per heavy atom. The summed E-state index contributed by atoms with van der Waals surface area (Å²) >= 11 is 0. The average Bonchev–Trinajstić information content (AvgIpc) is 2.73. The Morgan fingerprint density at radius 2 is 1.76 bits per heavy atom. The van der Waals surface area contributed by atoms with Gasteiger partial charge in [-0.3, -0.25) is 14.6 Å². The molecule has 2 amide bonds. The van der Waals surface area contributed by atoms with Gasteiger partial charge in [0.05, 0.1) is 12.8 Å². The van der Waals surface area contributed by atoms with E-state index in [0.29, 0.717) is 28.5 Å². The van der Waals surface area contributed by atoms with Gasteiger partial charge in [0.25, 0.3) is 11.8 Å². The molecule has 148 valence electrons. The second kappa shape index (κ2) is 8.88. The summed E-state index contributed by atoms with van der Waals surface area (Å²) in [6.45, 7) is 1.94. The van der Waals surface area contributed by atoms with Crippen molar-refractivity contribution in [3.63, 3.8) is 0 Å². The summed E-state index contributed by atoms with van der Waals surface area (Å²) in [5.74, 6) is 0.880. The molecule has 7 nitrogen and oxygen atoms in total. The van der Waals surface area contributed by atoms with Crippen LogP contribution in [0.15, 0.2) is 60.8 Å². The molecule has 0 aliphatic rings. The molecule has 0 saturated carbocycles. The van der Waals surface area contributed by atoms with Crippen LogP contribution in [0.1, 0.15) is 26.4 Å². The number of pyridine rings is 1. The third-order valence-electron chi connectivity index (χ3n) is 4.13. The fourth-order valence-electron chi connectivity index (χ4n) is 2.68. The van der Waals surface area contributed by atoms with Crippen LogP contribution in [-0.2, 0) is 0 Å². The lowest BCUT2D eigenvalue weighted by Crippen LogP contribution is -2.18. The monoisotopic (exact) mass is 391 g/mol. The highest BCUT2D eigenvalue weighted by Gasteiger charge is 2.12. The van der Waals surface area contributed by atoms with Crippen molar-refractivity contribution in [1.82, 2.24) is 10.3 Å². The van der Waals surface area contributed by atoms with Gasteiger partial charge in [-0.15, -0.1) is 0 Å². The van der Waals surface area contributed by atoms with Gasteiger partial charge in [0.15, 0.2) is 0 Å². The lowest BCUT2D eigenvalue weighted by molar-refractivity contribution is 0.0957. The van der Waals surface area contributed by atoms with Crippen LogP contribution >= 0.6 is 0 Å². The first-order valence-electron chi connectivity index (χ1n) is 8.92. The largest absolute Gasteiger partial charge is 0.495 e. The summed E-state index contributed by atoms with van der Waals surface area (Å²) in [6, 6.07) is 15.5. The number of amides is 2. The number of rotatable bonds is 6. The van der Waals surface area contributed by atoms with Gasteiger partial charge < -0.3 is 20.1 Å². The van der Waals surface area contributed by atoms with Crippen LogP contribution in [-0.4, -0.2) is 31.0 Å². The number of carbonyl (C=O) groups is 2. The quantitative estimate of drug-likeness (QED) is 0.667. The van der Waals surface area contributed by atoms with E-state index < -0.39 is 0 Å². The maximum Gasteiger partial charge on any atom is 0.269 e. The van der Waals surface area contributed by atoms with Crippen molar-refractivity contribution in [2.45, 2.75) is 6.92 Å². The first-order valence-corrected chi connectivity index (χ1v) is 8.92. The standard InChI is InChI=1S/C22H21N3O4/c1-14-7-8-20(28-3)18(11-14)25-21(26)15-5-4-6-16(12-15)29-17-9-10-24-19(13-17)22(27)23-2/h4-13H,1-3H3,(H,23,27)(H,25,26). The third kappa shape index (κ3) is 4.90. The summed E-state index contributed by atoms with van der Waals surface area (Å²) in [6.07, 6.45) is 1.49. The van der Waals surface area contributed by atoms with Crippen LogP contribution in [0.4, 0.5) is 5.69 Å². The van der Waals surface area contributed by atoms with E-state index in [1.165, 1.54) is 19.3 Å². The van der Waals surface area contributed by atoms with Crippen LogP contribution in [0.5, 0.6) is 17.2 Å². The van der Waals surface area contributed by atoms with E-state index in [-0.39, 0.29) is 17.5 Å². The van der Waals surface area contributed by atoms with E-state index in [9.17, 15) is 9.59 Å². The van der Waals surface area contributed by atoms with Crippen LogP contribution < -0.4 is 20.1 Å². The van der Waals surface area contributed by atoms with Crippen molar-refractivity contribution >= 4 is 17.5 Å². The molecule has 7 heteroatoms. The number of benzene rings is 2. The third-order valence-corrected chi connectivity index (χ3v) is 4.13. The summed E-state index contributed by atoms with van der Waals surface area (Å²) in [5, 5.41) is 5.37. The second-order valence-electron chi connectivity index (χ2n) is 6.24. The van der Waals surface area contributed by atoms with Crippen molar-refractivity contribution in [1.29, 1.82) is 0 Å². The predicted molar refractivity (Wildman–Crippen MR) is 110 cm³/mol. The molecule has 2 aromatic carbocycles. The Morgan fingerprint density at radius 3 is 2.52 bits per heavy atom. The minimum atomic E-state index is -0.310. The van der Waals surface area contributed by atoms with Gasteiger partial charge in [-0.2, -0.15) is 0 Å². The number of methoxy groups -OCH3 is 1. The molecule has 0 atom stereocenters. The SMILES string of the molecule is CNC(=O)c1cc(Oc2cccc(C(=O)Nc3cc(C)ccc3OC)c2)ccn1. The van der Waals surface area contributed by atoms with E-state index in [1.807, 2.05) is 19.1 Å². The minimum Gasteiger partial charge on any atom is -0.495 e. The molecule has 0 aliphatic heterocycles. The number of nitrogens with zero attached hydrogens (tertiary/aromatic N) is 1. The molecule has 0 unspecified atom stereocenters. The van der Waals surface area contributed by atoms with Gasteiger partial charge in [0.2, 0.25) is 0 Å². The van der Waals surface area contributed by atoms with Crippen molar-refractivity contribution in [2.24, 2.45) is 0 Å². The molecule has 0 aliphatic carbocycles. The van der Waals surface area contributed by atoms with Crippen molar-refractivity contribution < 1.29 is 19.1 Å². The molecule has 29 heavy (non-hydrogen) atoms. The first-order chi connectivity index (χ1) is 14.0. The van der Waals surface area contributed by atoms with Gasteiger partial charge >= 0.3 is 0 Å². The second-order valence-corrected chi connectivity index (χ2v) is 6.24. The fraction of sp³-hybridized carbons (Fsp3) is 0.136. The molecular weight excluding hydrogens is 370 g/mol. The molecule has 0 fully saturated rings. The summed E-state index contributed by atoms with van der Waals surface area (Å²) in [7, 11) is 3.08. The molecule has 0 saturated heterocycles. The van der Waals surface area contributed by atoms with Gasteiger partial charge in [-0.1, -0.05) is 12.1 Å². The molecule has 0 spiro atoms. The Labute approximate surface area is 168 Å². The number of hydrogen-bond acceptors (Lipinski definition) is 5. The zero-order valence-electron chi connectivity index (χ0n) is 16.4. The Bertz CT molecular complexity index is 1050. The van der Waals surface area contributed by atoms with E-state index in [4.69, 9.17) is 9.47 Å². The van der Waals surface area contributed by atoms with Crippen LogP contribution in [0.2, 0.25) is 0 Å². The maximum absolute atomic E-state index is 12.7. The molecule has 0 radical (unpaired) electrons. The first kappa shape index (κ1) is 19.9. The summed E-state index contributed by atoms with van der Waals surface area (Å²) in [4.78, 5) is 28.4. The lowest BCUT2D eigenvalue weighted by Gasteiger charge is -2.12. The van der Waals surface area contributed by atoms with Crippen molar-refractivity contribution in [3.8, 4) is 17.2 Å². The number of hydrogen-bond donors (Lipinski definition) is 2. The maximum atomic E-state index is 12.7.